The summed E-state index contributed by atoms with van der Waals surface area (Å²) in [5.41, 5.74) is 3.45. The van der Waals surface area contributed by atoms with Crippen LogP contribution in [-0.2, 0) is 0 Å². The number of rotatable bonds is 4. The second-order valence-electron chi connectivity index (χ2n) is 5.31. The van der Waals surface area contributed by atoms with Crippen LogP contribution in [0, 0.1) is 0 Å². The van der Waals surface area contributed by atoms with Gasteiger partial charge in [-0.15, -0.1) is 11.3 Å². The summed E-state index contributed by atoms with van der Waals surface area (Å²) in [6.07, 6.45) is 1.79. The van der Waals surface area contributed by atoms with Crippen LogP contribution in [0.3, 0.4) is 0 Å². The number of nitrogens with zero attached hydrogens (tertiary/aromatic N) is 2. The molecule has 3 aromatic rings. The fourth-order valence-corrected chi connectivity index (χ4v) is 2.84. The van der Waals surface area contributed by atoms with E-state index in [2.05, 4.69) is 10.3 Å². The summed E-state index contributed by atoms with van der Waals surface area (Å²) in [4.78, 5) is 18.6. The number of aromatic nitrogens is 1. The highest BCUT2D eigenvalue weighted by atomic mass is 32.1. The minimum atomic E-state index is -0.115. The monoisotopic (exact) mass is 323 g/mol. The Balaban J connectivity index is 1.74. The van der Waals surface area contributed by atoms with Gasteiger partial charge in [0.05, 0.1) is 0 Å². The van der Waals surface area contributed by atoms with Crippen molar-refractivity contribution in [2.24, 2.45) is 0 Å². The zero-order valence-corrected chi connectivity index (χ0v) is 13.8. The molecule has 3 rings (SSSR count). The molecular weight excluding hydrogens is 306 g/mol. The summed E-state index contributed by atoms with van der Waals surface area (Å²) < 4.78 is 0. The Morgan fingerprint density at radius 1 is 1.13 bits per heavy atom. The van der Waals surface area contributed by atoms with Crippen LogP contribution in [0.4, 0.5) is 11.4 Å². The number of carbonyl (C=O) groups excluding carboxylic acids is 1. The lowest BCUT2D eigenvalue weighted by molar-refractivity contribution is 0.102. The quantitative estimate of drug-likeness (QED) is 0.785. The molecule has 1 heterocycles. The number of nitrogens with one attached hydrogen (secondary N) is 1. The number of thiazole rings is 1. The molecule has 1 amide bonds. The van der Waals surface area contributed by atoms with Crippen LogP contribution in [0.1, 0.15) is 10.4 Å². The van der Waals surface area contributed by atoms with Gasteiger partial charge in [0, 0.05) is 48.2 Å². The number of carbonyl (C=O) groups is 1. The highest BCUT2D eigenvalue weighted by Gasteiger charge is 2.08. The summed E-state index contributed by atoms with van der Waals surface area (Å²) >= 11 is 1.59. The van der Waals surface area contributed by atoms with Gasteiger partial charge in [0.25, 0.3) is 5.91 Å². The molecule has 116 valence electrons. The van der Waals surface area contributed by atoms with Gasteiger partial charge in [-0.1, -0.05) is 6.07 Å². The zero-order valence-electron chi connectivity index (χ0n) is 13.0. The van der Waals surface area contributed by atoms with Crippen LogP contribution >= 0.6 is 11.3 Å². The van der Waals surface area contributed by atoms with Crippen molar-refractivity contribution in [2.45, 2.75) is 0 Å². The van der Waals surface area contributed by atoms with Crippen LogP contribution < -0.4 is 10.2 Å². The molecule has 23 heavy (non-hydrogen) atoms. The molecule has 4 nitrogen and oxygen atoms in total. The summed E-state index contributed by atoms with van der Waals surface area (Å²) in [7, 11) is 3.91. The van der Waals surface area contributed by atoms with Gasteiger partial charge in [0.2, 0.25) is 0 Å². The van der Waals surface area contributed by atoms with E-state index in [4.69, 9.17) is 0 Å². The van der Waals surface area contributed by atoms with Crippen molar-refractivity contribution >= 4 is 28.6 Å². The summed E-state index contributed by atoms with van der Waals surface area (Å²) in [5.74, 6) is -0.115. The molecule has 0 unspecified atom stereocenters. The molecular formula is C18H17N3OS. The van der Waals surface area contributed by atoms with Crippen molar-refractivity contribution in [2.75, 3.05) is 24.3 Å². The molecule has 0 aliphatic carbocycles. The van der Waals surface area contributed by atoms with E-state index in [-0.39, 0.29) is 5.91 Å². The van der Waals surface area contributed by atoms with Gasteiger partial charge in [-0.25, -0.2) is 4.98 Å². The molecule has 0 radical (unpaired) electrons. The normalized spacial score (nSPS) is 10.3. The van der Waals surface area contributed by atoms with Crippen LogP contribution in [0.25, 0.3) is 10.6 Å². The van der Waals surface area contributed by atoms with Crippen LogP contribution in [0.15, 0.2) is 60.1 Å². The lowest BCUT2D eigenvalue weighted by atomic mass is 10.1. The number of hydrogen-bond acceptors (Lipinski definition) is 4. The first kappa shape index (κ1) is 15.2. The second-order valence-corrected chi connectivity index (χ2v) is 6.21. The Labute approximate surface area is 139 Å². The summed E-state index contributed by atoms with van der Waals surface area (Å²) in [6.45, 7) is 0. The third kappa shape index (κ3) is 3.57. The van der Waals surface area contributed by atoms with Crippen molar-refractivity contribution in [3.05, 3.63) is 65.7 Å². The molecule has 0 bridgehead atoms. The summed E-state index contributed by atoms with van der Waals surface area (Å²) in [5, 5.41) is 5.84. The molecule has 1 aromatic heterocycles. The molecule has 0 saturated heterocycles. The Bertz CT molecular complexity index is 795. The molecule has 0 aliphatic rings. The molecule has 0 saturated carbocycles. The highest BCUT2D eigenvalue weighted by Crippen LogP contribution is 2.23. The minimum Gasteiger partial charge on any atom is -0.378 e. The standard InChI is InChI=1S/C18H17N3OS/c1-21(2)16-5-3-4-14(12-16)17(22)20-15-8-6-13(7-9-15)18-19-10-11-23-18/h3-12H,1-2H3,(H,20,22). The average molecular weight is 323 g/mol. The largest absolute Gasteiger partial charge is 0.378 e. The molecule has 0 atom stereocenters. The van der Waals surface area contributed by atoms with Crippen LogP contribution in [0.5, 0.6) is 0 Å². The third-order valence-corrected chi connectivity index (χ3v) is 4.27. The summed E-state index contributed by atoms with van der Waals surface area (Å²) in [6, 6.07) is 15.3. The van der Waals surface area contributed by atoms with E-state index >= 15 is 0 Å². The molecule has 2 aromatic carbocycles. The predicted octanol–water partition coefficient (Wildman–Crippen LogP) is 4.13. The average Bonchev–Trinajstić information content (AvgIpc) is 3.10. The van der Waals surface area contributed by atoms with E-state index in [9.17, 15) is 4.79 Å². The topological polar surface area (TPSA) is 45.2 Å². The number of benzene rings is 2. The minimum absolute atomic E-state index is 0.115. The van der Waals surface area contributed by atoms with E-state index in [0.717, 1.165) is 21.9 Å². The Morgan fingerprint density at radius 3 is 2.57 bits per heavy atom. The van der Waals surface area contributed by atoms with E-state index in [1.165, 1.54) is 0 Å². The third-order valence-electron chi connectivity index (χ3n) is 3.45. The maximum atomic E-state index is 12.4. The van der Waals surface area contributed by atoms with Gasteiger partial charge in [-0.3, -0.25) is 4.79 Å². The van der Waals surface area contributed by atoms with Gasteiger partial charge in [0.1, 0.15) is 5.01 Å². The molecule has 0 spiro atoms. The Morgan fingerprint density at radius 2 is 1.91 bits per heavy atom. The SMILES string of the molecule is CN(C)c1cccc(C(=O)Nc2ccc(-c3nccs3)cc2)c1. The maximum Gasteiger partial charge on any atom is 0.255 e. The Hall–Kier alpha value is -2.66. The van der Waals surface area contributed by atoms with Gasteiger partial charge in [-0.05, 0) is 42.5 Å². The van der Waals surface area contributed by atoms with Crippen molar-refractivity contribution in [1.82, 2.24) is 4.98 Å². The number of hydrogen-bond donors (Lipinski definition) is 1. The van der Waals surface area contributed by atoms with E-state index in [0.29, 0.717) is 5.56 Å². The smallest absolute Gasteiger partial charge is 0.255 e. The molecule has 5 heteroatoms. The first-order chi connectivity index (χ1) is 11.1. The van der Waals surface area contributed by atoms with Crippen LogP contribution in [-0.4, -0.2) is 25.0 Å². The van der Waals surface area contributed by atoms with Crippen LogP contribution in [0.2, 0.25) is 0 Å². The van der Waals surface area contributed by atoms with Crippen molar-refractivity contribution < 1.29 is 4.79 Å². The first-order valence-electron chi connectivity index (χ1n) is 7.22. The number of amides is 1. The Kier molecular flexibility index (Phi) is 4.39. The van der Waals surface area contributed by atoms with Gasteiger partial charge >= 0.3 is 0 Å². The zero-order chi connectivity index (χ0) is 16.2. The first-order valence-corrected chi connectivity index (χ1v) is 8.10. The van der Waals surface area contributed by atoms with E-state index < -0.39 is 0 Å². The molecule has 1 N–H and O–H groups in total. The van der Waals surface area contributed by atoms with E-state index in [1.807, 2.05) is 72.9 Å². The number of anilines is 2. The van der Waals surface area contributed by atoms with E-state index in [1.54, 1.807) is 17.5 Å². The van der Waals surface area contributed by atoms with Gasteiger partial charge in [0.15, 0.2) is 0 Å². The molecule has 0 fully saturated rings. The maximum absolute atomic E-state index is 12.4. The molecule has 0 aliphatic heterocycles. The van der Waals surface area contributed by atoms with Crippen molar-refractivity contribution in [3.63, 3.8) is 0 Å². The van der Waals surface area contributed by atoms with Gasteiger partial charge in [-0.2, -0.15) is 0 Å². The lowest BCUT2D eigenvalue weighted by Crippen LogP contribution is -2.14. The lowest BCUT2D eigenvalue weighted by Gasteiger charge is -2.13. The fraction of sp³-hybridized carbons (Fsp3) is 0.111. The highest BCUT2D eigenvalue weighted by molar-refractivity contribution is 7.13. The fourth-order valence-electron chi connectivity index (χ4n) is 2.19. The predicted molar refractivity (Wildman–Crippen MR) is 96.3 cm³/mol. The van der Waals surface area contributed by atoms with Crippen molar-refractivity contribution in [3.8, 4) is 10.6 Å². The van der Waals surface area contributed by atoms with Gasteiger partial charge < -0.3 is 10.2 Å². The van der Waals surface area contributed by atoms with Crippen molar-refractivity contribution in [1.29, 1.82) is 0 Å². The second kappa shape index (κ2) is 6.62.